The largest absolute Gasteiger partial charge is 0.497 e. The fraction of sp³-hybridized carbons (Fsp3) is 0.480. The van der Waals surface area contributed by atoms with Crippen molar-refractivity contribution in [2.75, 3.05) is 19.5 Å². The maximum atomic E-state index is 12.0. The standard InChI is InChI=1S/C25H35N5O4/c1-16(28-24(31)34-25(3,4)5)11-13-30-20-10-12-26-23(22(20)17(2)29-30)27-15-18-8-9-19(32-6)14-21(18)33-7/h8-10,12,14,16H,11,13,15H2,1-7H3,(H,26,27)(H,28,31). The lowest BCUT2D eigenvalue weighted by Gasteiger charge is -2.22. The second kappa shape index (κ2) is 10.6. The highest BCUT2D eigenvalue weighted by atomic mass is 16.6. The van der Waals surface area contributed by atoms with Gasteiger partial charge in [-0.1, -0.05) is 0 Å². The van der Waals surface area contributed by atoms with Gasteiger partial charge in [0.2, 0.25) is 0 Å². The molecule has 184 valence electrons. The van der Waals surface area contributed by atoms with Crippen LogP contribution in [-0.4, -0.2) is 46.7 Å². The van der Waals surface area contributed by atoms with Crippen LogP contribution in [0.3, 0.4) is 0 Å². The van der Waals surface area contributed by atoms with Crippen molar-refractivity contribution in [2.45, 2.75) is 65.8 Å². The van der Waals surface area contributed by atoms with E-state index in [0.717, 1.165) is 39.5 Å². The first kappa shape index (κ1) is 25.1. The summed E-state index contributed by atoms with van der Waals surface area (Å²) >= 11 is 0. The average molecular weight is 470 g/mol. The zero-order chi connectivity index (χ0) is 24.9. The molecule has 0 bridgehead atoms. The lowest BCUT2D eigenvalue weighted by molar-refractivity contribution is 0.0505. The minimum Gasteiger partial charge on any atom is -0.497 e. The van der Waals surface area contributed by atoms with Crippen molar-refractivity contribution in [3.05, 3.63) is 41.7 Å². The fourth-order valence-corrected chi connectivity index (χ4v) is 3.69. The summed E-state index contributed by atoms with van der Waals surface area (Å²) in [7, 11) is 3.27. The summed E-state index contributed by atoms with van der Waals surface area (Å²) in [5.41, 5.74) is 2.35. The van der Waals surface area contributed by atoms with Crippen LogP contribution in [0.4, 0.5) is 10.6 Å². The normalized spacial score (nSPS) is 12.3. The van der Waals surface area contributed by atoms with Gasteiger partial charge in [-0.15, -0.1) is 0 Å². The molecule has 3 aromatic rings. The number of fused-ring (bicyclic) bond motifs is 1. The third-order valence-electron chi connectivity index (χ3n) is 5.32. The Morgan fingerprint density at radius 2 is 1.94 bits per heavy atom. The molecule has 1 aromatic carbocycles. The minimum atomic E-state index is -0.522. The Balaban J connectivity index is 1.70. The molecule has 0 radical (unpaired) electrons. The van der Waals surface area contributed by atoms with Gasteiger partial charge >= 0.3 is 6.09 Å². The Morgan fingerprint density at radius 1 is 1.18 bits per heavy atom. The highest BCUT2D eigenvalue weighted by molar-refractivity contribution is 5.91. The van der Waals surface area contributed by atoms with Crippen LogP contribution in [0.5, 0.6) is 11.5 Å². The van der Waals surface area contributed by atoms with E-state index in [-0.39, 0.29) is 6.04 Å². The third-order valence-corrected chi connectivity index (χ3v) is 5.32. The van der Waals surface area contributed by atoms with Gasteiger partial charge in [0.1, 0.15) is 22.9 Å². The Bertz CT molecular complexity index is 1140. The minimum absolute atomic E-state index is 0.0589. The molecule has 0 spiro atoms. The molecule has 0 saturated carbocycles. The summed E-state index contributed by atoms with van der Waals surface area (Å²) in [4.78, 5) is 16.6. The number of alkyl carbamates (subject to hydrolysis) is 1. The predicted octanol–water partition coefficient (Wildman–Crippen LogP) is 4.67. The number of nitrogens with one attached hydrogen (secondary N) is 2. The SMILES string of the molecule is COc1ccc(CNc2nccc3c2c(C)nn3CCC(C)NC(=O)OC(C)(C)C)c(OC)c1. The van der Waals surface area contributed by atoms with Crippen LogP contribution in [0.2, 0.25) is 0 Å². The number of pyridine rings is 1. The van der Waals surface area contributed by atoms with E-state index in [2.05, 4.69) is 15.6 Å². The van der Waals surface area contributed by atoms with Gasteiger partial charge in [-0.3, -0.25) is 4.68 Å². The van der Waals surface area contributed by atoms with Crippen molar-refractivity contribution in [3.63, 3.8) is 0 Å². The number of aryl methyl sites for hydroxylation is 2. The molecule has 0 aliphatic heterocycles. The van der Waals surface area contributed by atoms with Crippen molar-refractivity contribution < 1.29 is 19.0 Å². The van der Waals surface area contributed by atoms with E-state index in [4.69, 9.17) is 19.3 Å². The highest BCUT2D eigenvalue weighted by Crippen LogP contribution is 2.28. The second-order valence-corrected chi connectivity index (χ2v) is 9.23. The summed E-state index contributed by atoms with van der Waals surface area (Å²) < 4.78 is 18.1. The van der Waals surface area contributed by atoms with Gasteiger partial charge in [-0.05, 0) is 59.2 Å². The van der Waals surface area contributed by atoms with Gasteiger partial charge < -0.3 is 24.8 Å². The first-order chi connectivity index (χ1) is 16.1. The summed E-state index contributed by atoms with van der Waals surface area (Å²) in [6.07, 6.45) is 2.07. The molecule has 0 fully saturated rings. The Hall–Kier alpha value is -3.49. The maximum Gasteiger partial charge on any atom is 0.407 e. The molecular weight excluding hydrogens is 434 g/mol. The average Bonchev–Trinajstić information content (AvgIpc) is 3.11. The van der Waals surface area contributed by atoms with Crippen molar-refractivity contribution in [3.8, 4) is 11.5 Å². The van der Waals surface area contributed by atoms with E-state index in [1.165, 1.54) is 0 Å². The second-order valence-electron chi connectivity index (χ2n) is 9.23. The van der Waals surface area contributed by atoms with E-state index in [9.17, 15) is 4.79 Å². The van der Waals surface area contributed by atoms with Crippen molar-refractivity contribution in [2.24, 2.45) is 0 Å². The number of carbonyl (C=O) groups excluding carboxylic acids is 1. The van der Waals surface area contributed by atoms with Gasteiger partial charge in [-0.2, -0.15) is 5.10 Å². The quantitative estimate of drug-likeness (QED) is 0.470. The lowest BCUT2D eigenvalue weighted by Crippen LogP contribution is -2.38. The number of nitrogens with zero attached hydrogens (tertiary/aromatic N) is 3. The van der Waals surface area contributed by atoms with Crippen LogP contribution < -0.4 is 20.1 Å². The number of benzene rings is 1. The van der Waals surface area contributed by atoms with Crippen LogP contribution in [-0.2, 0) is 17.8 Å². The van der Waals surface area contributed by atoms with Crippen LogP contribution in [0.25, 0.3) is 10.9 Å². The molecule has 3 rings (SSSR count). The molecule has 1 atom stereocenters. The van der Waals surface area contributed by atoms with Crippen molar-refractivity contribution in [1.82, 2.24) is 20.1 Å². The first-order valence-corrected chi connectivity index (χ1v) is 11.4. The molecule has 1 amide bonds. The molecule has 2 heterocycles. The van der Waals surface area contributed by atoms with E-state index in [1.807, 2.05) is 63.6 Å². The van der Waals surface area contributed by atoms with Crippen molar-refractivity contribution in [1.29, 1.82) is 0 Å². The molecule has 0 aliphatic rings. The van der Waals surface area contributed by atoms with E-state index in [0.29, 0.717) is 19.5 Å². The maximum absolute atomic E-state index is 12.0. The van der Waals surface area contributed by atoms with Crippen LogP contribution in [0, 0.1) is 6.92 Å². The van der Waals surface area contributed by atoms with E-state index in [1.54, 1.807) is 20.4 Å². The molecule has 0 aliphatic carbocycles. The topological polar surface area (TPSA) is 99.5 Å². The monoisotopic (exact) mass is 469 g/mol. The van der Waals surface area contributed by atoms with Gasteiger partial charge in [0.25, 0.3) is 0 Å². The van der Waals surface area contributed by atoms with Gasteiger partial charge in [0.15, 0.2) is 0 Å². The molecule has 34 heavy (non-hydrogen) atoms. The molecule has 2 N–H and O–H groups in total. The lowest BCUT2D eigenvalue weighted by atomic mass is 10.1. The Morgan fingerprint density at radius 3 is 2.62 bits per heavy atom. The summed E-state index contributed by atoms with van der Waals surface area (Å²) in [6, 6.07) is 7.64. The first-order valence-electron chi connectivity index (χ1n) is 11.4. The van der Waals surface area contributed by atoms with Crippen LogP contribution in [0.1, 0.15) is 45.4 Å². The zero-order valence-corrected chi connectivity index (χ0v) is 21.1. The highest BCUT2D eigenvalue weighted by Gasteiger charge is 2.18. The molecule has 0 saturated heterocycles. The number of hydrogen-bond donors (Lipinski definition) is 2. The molecule has 1 unspecified atom stereocenters. The van der Waals surface area contributed by atoms with Gasteiger partial charge in [-0.25, -0.2) is 9.78 Å². The molecule has 9 nitrogen and oxygen atoms in total. The van der Waals surface area contributed by atoms with Crippen molar-refractivity contribution >= 4 is 22.8 Å². The number of methoxy groups -OCH3 is 2. The number of aromatic nitrogens is 3. The number of carbonyl (C=O) groups is 1. The summed E-state index contributed by atoms with van der Waals surface area (Å²) in [6.45, 7) is 10.7. The number of ether oxygens (including phenoxy) is 3. The van der Waals surface area contributed by atoms with E-state index < -0.39 is 11.7 Å². The Kier molecular flexibility index (Phi) is 7.86. The Labute approximate surface area is 200 Å². The number of hydrogen-bond acceptors (Lipinski definition) is 7. The predicted molar refractivity (Wildman–Crippen MR) is 133 cm³/mol. The van der Waals surface area contributed by atoms with Gasteiger partial charge in [0.05, 0.1) is 30.8 Å². The molecule has 2 aromatic heterocycles. The number of anilines is 1. The fourth-order valence-electron chi connectivity index (χ4n) is 3.69. The number of amides is 1. The molecule has 9 heteroatoms. The van der Waals surface area contributed by atoms with E-state index >= 15 is 0 Å². The zero-order valence-electron chi connectivity index (χ0n) is 21.1. The van der Waals surface area contributed by atoms with Crippen LogP contribution in [0.15, 0.2) is 30.5 Å². The van der Waals surface area contributed by atoms with Crippen LogP contribution >= 0.6 is 0 Å². The number of rotatable bonds is 9. The smallest absolute Gasteiger partial charge is 0.407 e. The van der Waals surface area contributed by atoms with Gasteiger partial charge in [0, 0.05) is 37.0 Å². The molecular formula is C25H35N5O4. The summed E-state index contributed by atoms with van der Waals surface area (Å²) in [5.74, 6) is 2.25. The third kappa shape index (κ3) is 6.30. The summed E-state index contributed by atoms with van der Waals surface area (Å²) in [5, 5.41) is 12.0.